The highest BCUT2D eigenvalue weighted by Crippen LogP contribution is 2.28. The Labute approximate surface area is 165 Å². The van der Waals surface area contributed by atoms with E-state index >= 15 is 0 Å². The second kappa shape index (κ2) is 8.26. The van der Waals surface area contributed by atoms with E-state index in [9.17, 15) is 4.79 Å². The third-order valence-corrected chi connectivity index (χ3v) is 5.75. The number of ether oxygens (including phenoxy) is 1. The average Bonchev–Trinajstić information content (AvgIpc) is 3.29. The summed E-state index contributed by atoms with van der Waals surface area (Å²) in [5, 5.41) is 12.0. The van der Waals surface area contributed by atoms with Crippen LogP contribution in [0.5, 0.6) is 5.75 Å². The Kier molecular flexibility index (Phi) is 5.57. The Morgan fingerprint density at radius 1 is 1.29 bits per heavy atom. The fourth-order valence-corrected chi connectivity index (χ4v) is 3.89. The molecule has 1 amide bonds. The SMILES string of the molecule is CC1CCN(Cc2nnnn2CC(=O)N(C)CC2Cc3ccccc3O2)CC1. The van der Waals surface area contributed by atoms with Gasteiger partial charge in [0.25, 0.3) is 0 Å². The van der Waals surface area contributed by atoms with E-state index in [0.29, 0.717) is 13.1 Å². The Balaban J connectivity index is 1.30. The van der Waals surface area contributed by atoms with Crippen LogP contribution in [-0.2, 0) is 24.3 Å². The molecule has 2 aliphatic rings. The molecule has 150 valence electrons. The third kappa shape index (κ3) is 4.32. The zero-order valence-electron chi connectivity index (χ0n) is 16.6. The molecule has 0 saturated carbocycles. The average molecular weight is 384 g/mol. The number of hydrogen-bond donors (Lipinski definition) is 0. The van der Waals surface area contributed by atoms with Crippen LogP contribution in [0, 0.1) is 5.92 Å². The van der Waals surface area contributed by atoms with Crippen LogP contribution in [0.3, 0.4) is 0 Å². The lowest BCUT2D eigenvalue weighted by Gasteiger charge is -2.29. The Hall–Kier alpha value is -2.48. The van der Waals surface area contributed by atoms with Crippen LogP contribution in [0.15, 0.2) is 24.3 Å². The van der Waals surface area contributed by atoms with Crippen LogP contribution in [0.1, 0.15) is 31.2 Å². The number of aromatic nitrogens is 4. The summed E-state index contributed by atoms with van der Waals surface area (Å²) in [6.45, 7) is 5.81. The van der Waals surface area contributed by atoms with Crippen molar-refractivity contribution < 1.29 is 9.53 Å². The van der Waals surface area contributed by atoms with Gasteiger partial charge < -0.3 is 9.64 Å². The van der Waals surface area contributed by atoms with Crippen LogP contribution in [-0.4, -0.2) is 68.7 Å². The summed E-state index contributed by atoms with van der Waals surface area (Å²) < 4.78 is 7.57. The highest BCUT2D eigenvalue weighted by Gasteiger charge is 2.26. The number of tetrazole rings is 1. The second-order valence-electron chi connectivity index (χ2n) is 8.04. The molecule has 1 unspecified atom stereocenters. The van der Waals surface area contributed by atoms with Gasteiger partial charge in [-0.05, 0) is 53.9 Å². The lowest BCUT2D eigenvalue weighted by Crippen LogP contribution is -2.39. The Morgan fingerprint density at radius 2 is 2.07 bits per heavy atom. The topological polar surface area (TPSA) is 76.4 Å². The molecule has 0 bridgehead atoms. The molecule has 2 aliphatic heterocycles. The van der Waals surface area contributed by atoms with Crippen molar-refractivity contribution in [1.29, 1.82) is 0 Å². The van der Waals surface area contributed by atoms with Crippen molar-refractivity contribution in [3.05, 3.63) is 35.7 Å². The van der Waals surface area contributed by atoms with Crippen molar-refractivity contribution in [2.45, 2.75) is 45.4 Å². The zero-order chi connectivity index (χ0) is 19.5. The normalized spacial score (nSPS) is 20.0. The number of carbonyl (C=O) groups excluding carboxylic acids is 1. The molecule has 0 N–H and O–H groups in total. The zero-order valence-corrected chi connectivity index (χ0v) is 16.6. The number of nitrogens with zero attached hydrogens (tertiary/aromatic N) is 6. The van der Waals surface area contributed by atoms with Crippen molar-refractivity contribution in [3.63, 3.8) is 0 Å². The molecule has 4 rings (SSSR count). The molecule has 1 aromatic heterocycles. The van der Waals surface area contributed by atoms with Crippen molar-refractivity contribution >= 4 is 5.91 Å². The van der Waals surface area contributed by atoms with Gasteiger partial charge in [0.2, 0.25) is 5.91 Å². The monoisotopic (exact) mass is 384 g/mol. The number of hydrogen-bond acceptors (Lipinski definition) is 6. The molecular formula is C20H28N6O2. The van der Waals surface area contributed by atoms with Crippen LogP contribution >= 0.6 is 0 Å². The van der Waals surface area contributed by atoms with Gasteiger partial charge in [0, 0.05) is 13.5 Å². The van der Waals surface area contributed by atoms with E-state index in [4.69, 9.17) is 4.74 Å². The van der Waals surface area contributed by atoms with Gasteiger partial charge in [-0.3, -0.25) is 9.69 Å². The molecule has 1 atom stereocenters. The first-order valence-corrected chi connectivity index (χ1v) is 10.0. The summed E-state index contributed by atoms with van der Waals surface area (Å²) in [6, 6.07) is 8.04. The summed E-state index contributed by atoms with van der Waals surface area (Å²) in [7, 11) is 1.81. The summed E-state index contributed by atoms with van der Waals surface area (Å²) in [5.74, 6) is 2.44. The maximum Gasteiger partial charge on any atom is 0.244 e. The molecule has 8 heteroatoms. The van der Waals surface area contributed by atoms with Crippen molar-refractivity contribution in [3.8, 4) is 5.75 Å². The quantitative estimate of drug-likeness (QED) is 0.749. The van der Waals surface area contributed by atoms with Gasteiger partial charge >= 0.3 is 0 Å². The summed E-state index contributed by atoms with van der Waals surface area (Å²) in [6.07, 6.45) is 3.23. The number of fused-ring (bicyclic) bond motifs is 1. The molecule has 0 spiro atoms. The number of likely N-dealkylation sites (N-methyl/N-ethyl adjacent to an activating group) is 1. The maximum atomic E-state index is 12.7. The third-order valence-electron chi connectivity index (χ3n) is 5.75. The number of carbonyl (C=O) groups is 1. The predicted octanol–water partition coefficient (Wildman–Crippen LogP) is 1.37. The van der Waals surface area contributed by atoms with Gasteiger partial charge in [0.05, 0.1) is 13.1 Å². The Morgan fingerprint density at radius 3 is 2.86 bits per heavy atom. The number of para-hydroxylation sites is 1. The first-order chi connectivity index (χ1) is 13.6. The van der Waals surface area contributed by atoms with Gasteiger partial charge in [-0.1, -0.05) is 25.1 Å². The molecule has 1 saturated heterocycles. The second-order valence-corrected chi connectivity index (χ2v) is 8.04. The van der Waals surface area contributed by atoms with Crippen LogP contribution in [0.2, 0.25) is 0 Å². The van der Waals surface area contributed by atoms with Crippen LogP contribution < -0.4 is 4.74 Å². The molecule has 8 nitrogen and oxygen atoms in total. The maximum absolute atomic E-state index is 12.7. The molecule has 0 aliphatic carbocycles. The molecule has 28 heavy (non-hydrogen) atoms. The number of likely N-dealkylation sites (tertiary alicyclic amines) is 1. The molecular weight excluding hydrogens is 356 g/mol. The van der Waals surface area contributed by atoms with Gasteiger partial charge in [-0.2, -0.15) is 0 Å². The van der Waals surface area contributed by atoms with Gasteiger partial charge in [-0.25, -0.2) is 4.68 Å². The van der Waals surface area contributed by atoms with E-state index in [1.165, 1.54) is 18.4 Å². The highest BCUT2D eigenvalue weighted by atomic mass is 16.5. The van der Waals surface area contributed by atoms with Gasteiger partial charge in [-0.15, -0.1) is 5.10 Å². The number of rotatable bonds is 6. The number of piperidine rings is 1. The molecule has 0 radical (unpaired) electrons. The van der Waals surface area contributed by atoms with E-state index < -0.39 is 0 Å². The van der Waals surface area contributed by atoms with E-state index in [-0.39, 0.29) is 18.6 Å². The number of amides is 1. The lowest BCUT2D eigenvalue weighted by atomic mass is 9.99. The molecule has 2 aromatic rings. The van der Waals surface area contributed by atoms with E-state index in [2.05, 4.69) is 33.4 Å². The first kappa shape index (κ1) is 18.9. The van der Waals surface area contributed by atoms with Crippen molar-refractivity contribution in [1.82, 2.24) is 30.0 Å². The van der Waals surface area contributed by atoms with Gasteiger partial charge in [0.1, 0.15) is 18.4 Å². The smallest absolute Gasteiger partial charge is 0.244 e. The molecule has 1 aromatic carbocycles. The summed E-state index contributed by atoms with van der Waals surface area (Å²) in [5.41, 5.74) is 1.20. The minimum atomic E-state index is -0.0135. The van der Waals surface area contributed by atoms with E-state index in [1.807, 2.05) is 25.2 Å². The van der Waals surface area contributed by atoms with E-state index in [1.54, 1.807) is 9.58 Å². The molecule has 3 heterocycles. The standard InChI is InChI=1S/C20H28N6O2/c1-15-7-9-25(10-8-15)13-19-21-22-23-26(19)14-20(27)24(2)12-17-11-16-5-3-4-6-18(16)28-17/h3-6,15,17H,7-14H2,1-2H3. The fraction of sp³-hybridized carbons (Fsp3) is 0.600. The predicted molar refractivity (Wildman–Crippen MR) is 104 cm³/mol. The minimum absolute atomic E-state index is 0.00460. The minimum Gasteiger partial charge on any atom is -0.488 e. The Bertz CT molecular complexity index is 790. The van der Waals surface area contributed by atoms with Crippen molar-refractivity contribution in [2.24, 2.45) is 5.92 Å². The highest BCUT2D eigenvalue weighted by molar-refractivity contribution is 5.75. The van der Waals surface area contributed by atoms with E-state index in [0.717, 1.165) is 37.0 Å². The van der Waals surface area contributed by atoms with Gasteiger partial charge in [0.15, 0.2) is 5.82 Å². The van der Waals surface area contributed by atoms with Crippen LogP contribution in [0.4, 0.5) is 0 Å². The summed E-state index contributed by atoms with van der Waals surface area (Å²) >= 11 is 0. The summed E-state index contributed by atoms with van der Waals surface area (Å²) in [4.78, 5) is 16.8. The largest absolute Gasteiger partial charge is 0.488 e. The lowest BCUT2D eigenvalue weighted by molar-refractivity contribution is -0.131. The van der Waals surface area contributed by atoms with Crippen LogP contribution in [0.25, 0.3) is 0 Å². The molecule has 1 fully saturated rings. The fourth-order valence-electron chi connectivity index (χ4n) is 3.89. The first-order valence-electron chi connectivity index (χ1n) is 10.0. The number of benzene rings is 1. The van der Waals surface area contributed by atoms with Crippen molar-refractivity contribution in [2.75, 3.05) is 26.7 Å².